The first-order chi connectivity index (χ1) is 5.02. The van der Waals surface area contributed by atoms with E-state index in [0.717, 1.165) is 12.3 Å². The molecule has 0 bridgehead atoms. The quantitative estimate of drug-likeness (QED) is 0.270. The molecule has 0 aliphatic rings. The zero-order valence-corrected chi connectivity index (χ0v) is 6.15. The van der Waals surface area contributed by atoms with Crippen LogP contribution in [0.2, 0.25) is 0 Å². The van der Waals surface area contributed by atoms with Gasteiger partial charge in [-0.1, -0.05) is 0 Å². The van der Waals surface area contributed by atoms with Crippen molar-refractivity contribution in [3.05, 3.63) is 29.6 Å². The molecule has 0 saturated carbocycles. The molecule has 0 aromatic carbocycles. The van der Waals surface area contributed by atoms with E-state index in [1.807, 2.05) is 0 Å². The van der Waals surface area contributed by atoms with Crippen LogP contribution in [0.3, 0.4) is 0 Å². The number of nitrogens with zero attached hydrogens (tertiary/aromatic N) is 1. The molecule has 0 aliphatic carbocycles. The molecule has 1 aromatic rings. The van der Waals surface area contributed by atoms with Gasteiger partial charge in [-0.3, -0.25) is 4.55 Å². The van der Waals surface area contributed by atoms with Crippen LogP contribution in [-0.2, 0) is 10.1 Å². The van der Waals surface area contributed by atoms with Crippen LogP contribution in [0.15, 0.2) is 29.4 Å². The van der Waals surface area contributed by atoms with Crippen molar-refractivity contribution >= 4 is 39.7 Å². The van der Waals surface area contributed by atoms with Crippen LogP contribution in [0.4, 0.5) is 0 Å². The Labute approximate surface area is 91.7 Å². The normalized spacial score (nSPS) is 10.4. The van der Waals surface area contributed by atoms with E-state index >= 15 is 0 Å². The summed E-state index contributed by atoms with van der Waals surface area (Å²) in [5, 5.41) is 9.98. The Bertz CT molecular complexity index is 363. The van der Waals surface area contributed by atoms with Crippen molar-refractivity contribution in [2.24, 2.45) is 0 Å². The number of pyridine rings is 1. The van der Waals surface area contributed by atoms with E-state index in [1.54, 1.807) is 0 Å². The van der Waals surface area contributed by atoms with Crippen LogP contribution < -0.4 is 4.73 Å². The minimum absolute atomic E-state index is 0. The minimum atomic E-state index is -4.38. The molecule has 1 aromatic heterocycles. The topological polar surface area (TPSA) is 81.3 Å². The summed E-state index contributed by atoms with van der Waals surface area (Å²) in [5.41, 5.74) is 0. The first-order valence-corrected chi connectivity index (χ1v) is 4.11. The summed E-state index contributed by atoms with van der Waals surface area (Å²) in [6.07, 6.45) is 0.989. The Morgan fingerprint density at radius 2 is 2.00 bits per heavy atom. The fourth-order valence-corrected chi connectivity index (χ4v) is 1.15. The van der Waals surface area contributed by atoms with Gasteiger partial charge >= 0.3 is 44.7 Å². The van der Waals surface area contributed by atoms with Crippen molar-refractivity contribution in [1.82, 2.24) is 0 Å². The summed E-state index contributed by atoms with van der Waals surface area (Å²) >= 11 is 0. The Balaban J connectivity index is 0.00000121. The molecule has 0 atom stereocenters. The molecule has 0 saturated heterocycles. The van der Waals surface area contributed by atoms with Crippen LogP contribution in [0.5, 0.6) is 0 Å². The van der Waals surface area contributed by atoms with Crippen molar-refractivity contribution in [2.45, 2.75) is 5.03 Å². The molecule has 62 valence electrons. The van der Waals surface area contributed by atoms with E-state index in [0.29, 0.717) is 0 Å². The van der Waals surface area contributed by atoms with E-state index in [4.69, 9.17) is 4.55 Å². The third-order valence-electron chi connectivity index (χ3n) is 1.05. The van der Waals surface area contributed by atoms with Crippen molar-refractivity contribution in [3.8, 4) is 0 Å². The molecule has 7 heteroatoms. The van der Waals surface area contributed by atoms with E-state index < -0.39 is 15.1 Å². The average Bonchev–Trinajstić information content (AvgIpc) is 1.86. The molecule has 5 nitrogen and oxygen atoms in total. The average molecular weight is 199 g/mol. The number of hydrogen-bond donors (Lipinski definition) is 1. The number of rotatable bonds is 1. The second-order valence-corrected chi connectivity index (χ2v) is 3.21. The SMILES string of the molecule is O=S(=O)(O)c1cccc[n+]1[O-].[NaH]. The molecular weight excluding hydrogens is 193 g/mol. The summed E-state index contributed by atoms with van der Waals surface area (Å²) in [6.45, 7) is 0. The molecule has 0 radical (unpaired) electrons. The first kappa shape index (κ1) is 11.9. The number of aromatic nitrogens is 1. The van der Waals surface area contributed by atoms with Crippen LogP contribution >= 0.6 is 0 Å². The van der Waals surface area contributed by atoms with Gasteiger partial charge in [0.1, 0.15) is 0 Å². The van der Waals surface area contributed by atoms with E-state index in [9.17, 15) is 13.6 Å². The van der Waals surface area contributed by atoms with Crippen molar-refractivity contribution in [1.29, 1.82) is 0 Å². The Morgan fingerprint density at radius 3 is 2.33 bits per heavy atom. The number of hydrogen-bond acceptors (Lipinski definition) is 3. The van der Waals surface area contributed by atoms with Gasteiger partial charge in [0.05, 0.1) is 0 Å². The summed E-state index contributed by atoms with van der Waals surface area (Å²) in [6, 6.07) is 3.72. The molecule has 12 heavy (non-hydrogen) atoms. The second kappa shape index (κ2) is 4.20. The van der Waals surface area contributed by atoms with Crippen LogP contribution in [0, 0.1) is 5.21 Å². The van der Waals surface area contributed by atoms with Crippen LogP contribution in [-0.4, -0.2) is 42.5 Å². The Hall–Kier alpha value is -0.140. The zero-order chi connectivity index (χ0) is 8.48. The van der Waals surface area contributed by atoms with E-state index in [-0.39, 0.29) is 34.3 Å². The van der Waals surface area contributed by atoms with Gasteiger partial charge in [0.15, 0.2) is 6.20 Å². The Morgan fingerprint density at radius 1 is 1.42 bits per heavy atom. The zero-order valence-electron chi connectivity index (χ0n) is 5.34. The third-order valence-corrected chi connectivity index (χ3v) is 1.90. The summed E-state index contributed by atoms with van der Waals surface area (Å²) in [5.74, 6) is 0. The second-order valence-electron chi connectivity index (χ2n) is 1.84. The summed E-state index contributed by atoms with van der Waals surface area (Å²) < 4.78 is 29.3. The Kier molecular flexibility index (Phi) is 4.15. The predicted molar refractivity (Wildman–Crippen MR) is 42.4 cm³/mol. The maximum atomic E-state index is 10.6. The summed E-state index contributed by atoms with van der Waals surface area (Å²) in [7, 11) is -4.38. The van der Waals surface area contributed by atoms with Crippen molar-refractivity contribution in [2.75, 3.05) is 0 Å². The van der Waals surface area contributed by atoms with Crippen LogP contribution in [0.25, 0.3) is 0 Å². The fraction of sp³-hybridized carbons (Fsp3) is 0. The molecule has 0 spiro atoms. The van der Waals surface area contributed by atoms with Crippen LogP contribution in [0.1, 0.15) is 0 Å². The fourth-order valence-electron chi connectivity index (χ4n) is 0.612. The van der Waals surface area contributed by atoms with Crippen molar-refractivity contribution in [3.63, 3.8) is 0 Å². The summed E-state index contributed by atoms with van der Waals surface area (Å²) in [4.78, 5) is 0. The molecule has 1 rings (SSSR count). The van der Waals surface area contributed by atoms with Gasteiger partial charge in [0, 0.05) is 12.1 Å². The maximum absolute atomic E-state index is 10.6. The van der Waals surface area contributed by atoms with Gasteiger partial charge in [-0.05, 0) is 6.07 Å². The monoisotopic (exact) mass is 199 g/mol. The van der Waals surface area contributed by atoms with E-state index in [1.165, 1.54) is 12.1 Å². The van der Waals surface area contributed by atoms with Gasteiger partial charge in [0.2, 0.25) is 0 Å². The molecule has 0 unspecified atom stereocenters. The third kappa shape index (κ3) is 2.72. The molecule has 0 amide bonds. The van der Waals surface area contributed by atoms with Gasteiger partial charge in [-0.25, -0.2) is 0 Å². The van der Waals surface area contributed by atoms with Crippen molar-refractivity contribution < 1.29 is 17.7 Å². The van der Waals surface area contributed by atoms with Gasteiger partial charge in [-0.2, -0.15) is 13.1 Å². The molecule has 0 aliphatic heterocycles. The van der Waals surface area contributed by atoms with E-state index in [2.05, 4.69) is 0 Å². The first-order valence-electron chi connectivity index (χ1n) is 2.67. The molecule has 1 N–H and O–H groups in total. The molecule has 0 fully saturated rings. The standard InChI is InChI=1S/C5H5NO4S.Na.H/c7-6-4-2-1-3-5(6)11(8,9)10;;/h1-4H,(H,8,9,10);;. The molecule has 1 heterocycles. The van der Waals surface area contributed by atoms with Gasteiger partial charge in [-0.15, -0.1) is 0 Å². The van der Waals surface area contributed by atoms with Gasteiger partial charge < -0.3 is 5.21 Å². The van der Waals surface area contributed by atoms with Gasteiger partial charge in [0.25, 0.3) is 0 Å². The predicted octanol–water partition coefficient (Wildman–Crippen LogP) is -1.08. The molecular formula is C5H6NNaO4S.